The van der Waals surface area contributed by atoms with E-state index in [0.717, 1.165) is 27.5 Å². The third-order valence-corrected chi connectivity index (χ3v) is 8.72. The second-order valence-electron chi connectivity index (χ2n) is 6.66. The molecular weight excluding hydrogens is 440 g/mol. The Kier molecular flexibility index (Phi) is 3.78. The Labute approximate surface area is 154 Å². The highest BCUT2D eigenvalue weighted by molar-refractivity contribution is 14.1. The maximum absolute atomic E-state index is 13.5. The molecule has 3 unspecified atom stereocenters. The van der Waals surface area contributed by atoms with Gasteiger partial charge in [0, 0.05) is 9.61 Å². The summed E-state index contributed by atoms with van der Waals surface area (Å²) in [7, 11) is -3.65. The standard InChI is InChI=1S/C18H17FINO2S/c19-12-2-5-14(6-3-12)24(22,23)18-10-17(21)16(18)7-1-11-9-13(20)4-8-15(11)18/h2-6,8-9,16-17H,1,7,10,21H2. The van der Waals surface area contributed by atoms with Crippen molar-refractivity contribution in [2.75, 3.05) is 0 Å². The third-order valence-electron chi connectivity index (χ3n) is 5.51. The Bertz CT molecular complexity index is 913. The van der Waals surface area contributed by atoms with Crippen LogP contribution in [-0.4, -0.2) is 14.5 Å². The minimum atomic E-state index is -3.65. The van der Waals surface area contributed by atoms with E-state index in [1.54, 1.807) is 0 Å². The van der Waals surface area contributed by atoms with Crippen molar-refractivity contribution in [2.45, 2.75) is 34.9 Å². The molecule has 6 heteroatoms. The predicted molar refractivity (Wildman–Crippen MR) is 98.8 cm³/mol. The summed E-state index contributed by atoms with van der Waals surface area (Å²) < 4.78 is 40.4. The van der Waals surface area contributed by atoms with Gasteiger partial charge in [0.15, 0.2) is 9.84 Å². The van der Waals surface area contributed by atoms with Crippen molar-refractivity contribution in [3.63, 3.8) is 0 Å². The summed E-state index contributed by atoms with van der Waals surface area (Å²) in [6.45, 7) is 0. The fourth-order valence-electron chi connectivity index (χ4n) is 4.36. The molecule has 2 aliphatic carbocycles. The number of benzene rings is 2. The number of rotatable bonds is 2. The van der Waals surface area contributed by atoms with Gasteiger partial charge in [-0.25, -0.2) is 12.8 Å². The molecule has 1 fully saturated rings. The molecule has 0 aromatic heterocycles. The molecule has 3 nitrogen and oxygen atoms in total. The average Bonchev–Trinajstić information content (AvgIpc) is 2.53. The zero-order chi connectivity index (χ0) is 17.1. The Balaban J connectivity index is 1.93. The lowest BCUT2D eigenvalue weighted by atomic mass is 9.59. The van der Waals surface area contributed by atoms with Gasteiger partial charge in [-0.1, -0.05) is 6.07 Å². The Morgan fingerprint density at radius 3 is 2.54 bits per heavy atom. The summed E-state index contributed by atoms with van der Waals surface area (Å²) >= 11 is 2.25. The van der Waals surface area contributed by atoms with E-state index in [4.69, 9.17) is 5.73 Å². The predicted octanol–water partition coefficient (Wildman–Crippen LogP) is 3.39. The maximum Gasteiger partial charge on any atom is 0.188 e. The molecule has 1 saturated carbocycles. The second kappa shape index (κ2) is 5.51. The van der Waals surface area contributed by atoms with Crippen LogP contribution in [-0.2, 0) is 21.0 Å². The number of nitrogens with two attached hydrogens (primary N) is 1. The molecule has 0 amide bonds. The number of aryl methyl sites for hydroxylation is 1. The lowest BCUT2D eigenvalue weighted by Gasteiger charge is -2.56. The topological polar surface area (TPSA) is 60.2 Å². The molecule has 126 valence electrons. The zero-order valence-electron chi connectivity index (χ0n) is 12.9. The van der Waals surface area contributed by atoms with E-state index in [9.17, 15) is 12.8 Å². The Morgan fingerprint density at radius 1 is 1.17 bits per heavy atom. The number of fused-ring (bicyclic) bond motifs is 3. The summed E-state index contributed by atoms with van der Waals surface area (Å²) in [5.41, 5.74) is 8.15. The maximum atomic E-state index is 13.5. The molecule has 24 heavy (non-hydrogen) atoms. The first kappa shape index (κ1) is 16.5. The Morgan fingerprint density at radius 2 is 1.88 bits per heavy atom. The summed E-state index contributed by atoms with van der Waals surface area (Å²) in [6, 6.07) is 11.0. The van der Waals surface area contributed by atoms with Crippen LogP contribution in [0.4, 0.5) is 4.39 Å². The quantitative estimate of drug-likeness (QED) is 0.556. The molecule has 2 aliphatic rings. The van der Waals surface area contributed by atoms with E-state index >= 15 is 0 Å². The van der Waals surface area contributed by atoms with Crippen molar-refractivity contribution < 1.29 is 12.8 Å². The molecule has 2 aromatic carbocycles. The van der Waals surface area contributed by atoms with Crippen molar-refractivity contribution in [2.24, 2.45) is 11.7 Å². The first-order valence-electron chi connectivity index (χ1n) is 7.91. The monoisotopic (exact) mass is 457 g/mol. The van der Waals surface area contributed by atoms with Gasteiger partial charge in [-0.3, -0.25) is 0 Å². The van der Waals surface area contributed by atoms with Crippen molar-refractivity contribution in [3.8, 4) is 0 Å². The normalized spacial score (nSPS) is 28.6. The highest BCUT2D eigenvalue weighted by Gasteiger charge is 2.63. The molecule has 2 aromatic rings. The van der Waals surface area contributed by atoms with Gasteiger partial charge in [0.05, 0.1) is 4.90 Å². The molecule has 3 atom stereocenters. The second-order valence-corrected chi connectivity index (χ2v) is 10.1. The van der Waals surface area contributed by atoms with Crippen molar-refractivity contribution >= 4 is 32.4 Å². The smallest absolute Gasteiger partial charge is 0.188 e. The Hall–Kier alpha value is -0.990. The van der Waals surface area contributed by atoms with Gasteiger partial charge in [0.2, 0.25) is 0 Å². The van der Waals surface area contributed by atoms with Crippen LogP contribution in [0.1, 0.15) is 24.0 Å². The van der Waals surface area contributed by atoms with Crippen LogP contribution in [0.25, 0.3) is 0 Å². The van der Waals surface area contributed by atoms with Crippen LogP contribution in [0.15, 0.2) is 47.4 Å². The third kappa shape index (κ3) is 2.12. The van der Waals surface area contributed by atoms with Gasteiger partial charge in [-0.05, 0) is 95.3 Å². The van der Waals surface area contributed by atoms with Gasteiger partial charge in [-0.2, -0.15) is 0 Å². The minimum absolute atomic E-state index is 0.0832. The number of halogens is 2. The van der Waals surface area contributed by atoms with Gasteiger partial charge < -0.3 is 5.73 Å². The molecular formula is C18H17FINO2S. The average molecular weight is 457 g/mol. The van der Waals surface area contributed by atoms with E-state index in [0.29, 0.717) is 6.42 Å². The number of hydrogen-bond acceptors (Lipinski definition) is 3. The molecule has 0 aliphatic heterocycles. The van der Waals surface area contributed by atoms with Crippen LogP contribution in [0.2, 0.25) is 0 Å². The zero-order valence-corrected chi connectivity index (χ0v) is 15.8. The van der Waals surface area contributed by atoms with E-state index in [1.165, 1.54) is 24.3 Å². The lowest BCUT2D eigenvalue weighted by Crippen LogP contribution is -2.64. The fraction of sp³-hybridized carbons (Fsp3) is 0.333. The van der Waals surface area contributed by atoms with Crippen molar-refractivity contribution in [1.29, 1.82) is 0 Å². The lowest BCUT2D eigenvalue weighted by molar-refractivity contribution is 0.137. The highest BCUT2D eigenvalue weighted by atomic mass is 127. The SMILES string of the molecule is NC1CC2(S(=O)(=O)c3ccc(F)cc3)c3ccc(I)cc3CCC12. The molecule has 4 rings (SSSR count). The molecule has 0 radical (unpaired) electrons. The van der Waals surface area contributed by atoms with E-state index < -0.39 is 20.4 Å². The molecule has 0 heterocycles. The minimum Gasteiger partial charge on any atom is -0.327 e. The molecule has 2 N–H and O–H groups in total. The van der Waals surface area contributed by atoms with Crippen LogP contribution < -0.4 is 5.73 Å². The van der Waals surface area contributed by atoms with Crippen LogP contribution in [0.5, 0.6) is 0 Å². The summed E-state index contributed by atoms with van der Waals surface area (Å²) in [4.78, 5) is 0.173. The summed E-state index contributed by atoms with van der Waals surface area (Å²) in [5.74, 6) is -0.521. The highest BCUT2D eigenvalue weighted by Crippen LogP contribution is 2.59. The molecule has 0 saturated heterocycles. The first-order chi connectivity index (χ1) is 11.4. The van der Waals surface area contributed by atoms with Crippen molar-refractivity contribution in [1.82, 2.24) is 0 Å². The van der Waals surface area contributed by atoms with Gasteiger partial charge in [0.1, 0.15) is 10.6 Å². The first-order valence-corrected chi connectivity index (χ1v) is 10.5. The van der Waals surface area contributed by atoms with Gasteiger partial charge >= 0.3 is 0 Å². The van der Waals surface area contributed by atoms with Crippen LogP contribution in [0.3, 0.4) is 0 Å². The van der Waals surface area contributed by atoms with Gasteiger partial charge in [0.25, 0.3) is 0 Å². The van der Waals surface area contributed by atoms with Crippen LogP contribution >= 0.6 is 22.6 Å². The fourth-order valence-corrected chi connectivity index (χ4v) is 7.42. The number of hydrogen-bond donors (Lipinski definition) is 1. The molecule has 0 spiro atoms. The molecule has 0 bridgehead atoms. The van der Waals surface area contributed by atoms with E-state index in [2.05, 4.69) is 28.7 Å². The van der Waals surface area contributed by atoms with Crippen LogP contribution in [0, 0.1) is 15.3 Å². The largest absolute Gasteiger partial charge is 0.327 e. The van der Waals surface area contributed by atoms with E-state index in [-0.39, 0.29) is 16.9 Å². The summed E-state index contributed by atoms with van der Waals surface area (Å²) in [6.07, 6.45) is 2.05. The van der Waals surface area contributed by atoms with Crippen molar-refractivity contribution in [3.05, 3.63) is 63.0 Å². The van der Waals surface area contributed by atoms with E-state index in [1.807, 2.05) is 12.1 Å². The number of sulfone groups is 1. The summed E-state index contributed by atoms with van der Waals surface area (Å²) in [5, 5.41) is 0. The van der Waals surface area contributed by atoms with Gasteiger partial charge in [-0.15, -0.1) is 0 Å².